The van der Waals surface area contributed by atoms with Gasteiger partial charge in [0, 0.05) is 31.7 Å². The van der Waals surface area contributed by atoms with Crippen molar-refractivity contribution in [3.8, 4) is 5.75 Å². The molecule has 0 amide bonds. The molecule has 4 aromatic rings. The summed E-state index contributed by atoms with van der Waals surface area (Å²) in [6.45, 7) is 6.10. The first-order valence-electron chi connectivity index (χ1n) is 11.0. The number of hydrogen-bond donors (Lipinski definition) is 0. The van der Waals surface area contributed by atoms with Crippen molar-refractivity contribution in [2.75, 3.05) is 0 Å². The third-order valence-electron chi connectivity index (χ3n) is 6.23. The van der Waals surface area contributed by atoms with Gasteiger partial charge in [0.15, 0.2) is 17.6 Å². The van der Waals surface area contributed by atoms with E-state index in [0.717, 1.165) is 10.9 Å². The molecular weight excluding hydrogens is 436 g/mol. The lowest BCUT2D eigenvalue weighted by Gasteiger charge is -2.43. The zero-order chi connectivity index (χ0) is 24.4. The number of ether oxygens (including phenoxy) is 3. The Morgan fingerprint density at radius 1 is 1.03 bits per heavy atom. The van der Waals surface area contributed by atoms with Crippen molar-refractivity contribution >= 4 is 44.8 Å². The van der Waals surface area contributed by atoms with E-state index in [1.54, 1.807) is 37.6 Å². The maximum absolute atomic E-state index is 13.6. The number of pyridine rings is 2. The fourth-order valence-corrected chi connectivity index (χ4v) is 4.82. The SMILES string of the molecule is CC(=O)O[C@H]1c2c(ccc3c(=O)c4cc5ccccc5nc4n(C)c23)OC(C)(C)[C@H]1OC(C)=O. The van der Waals surface area contributed by atoms with Gasteiger partial charge in [0.25, 0.3) is 0 Å². The maximum atomic E-state index is 13.6. The summed E-state index contributed by atoms with van der Waals surface area (Å²) in [5.41, 5.74) is 1.03. The highest BCUT2D eigenvalue weighted by Gasteiger charge is 2.49. The van der Waals surface area contributed by atoms with Gasteiger partial charge in [0.05, 0.1) is 22.0 Å². The van der Waals surface area contributed by atoms with Gasteiger partial charge in [-0.1, -0.05) is 18.2 Å². The van der Waals surface area contributed by atoms with Gasteiger partial charge in [0.2, 0.25) is 0 Å². The van der Waals surface area contributed by atoms with E-state index in [2.05, 4.69) is 0 Å². The van der Waals surface area contributed by atoms with E-state index < -0.39 is 29.7 Å². The van der Waals surface area contributed by atoms with Gasteiger partial charge in [-0.3, -0.25) is 14.4 Å². The van der Waals surface area contributed by atoms with E-state index in [9.17, 15) is 14.4 Å². The van der Waals surface area contributed by atoms with Gasteiger partial charge in [-0.2, -0.15) is 0 Å². The molecule has 34 heavy (non-hydrogen) atoms. The van der Waals surface area contributed by atoms with Gasteiger partial charge in [0.1, 0.15) is 17.0 Å². The largest absolute Gasteiger partial charge is 0.483 e. The molecule has 1 aliphatic heterocycles. The fraction of sp³-hybridized carbons (Fsp3) is 0.308. The second-order valence-corrected chi connectivity index (χ2v) is 9.08. The van der Waals surface area contributed by atoms with Crippen LogP contribution in [0.5, 0.6) is 5.75 Å². The Kier molecular flexibility index (Phi) is 4.86. The van der Waals surface area contributed by atoms with Gasteiger partial charge in [-0.25, -0.2) is 4.98 Å². The number of carbonyl (C=O) groups excluding carboxylic acids is 2. The van der Waals surface area contributed by atoms with E-state index in [-0.39, 0.29) is 5.43 Å². The van der Waals surface area contributed by atoms with E-state index in [0.29, 0.717) is 33.2 Å². The number of carbonyl (C=O) groups is 2. The number of nitrogens with zero attached hydrogens (tertiary/aromatic N) is 2. The second kappa shape index (κ2) is 7.55. The van der Waals surface area contributed by atoms with Gasteiger partial charge < -0.3 is 18.8 Å². The van der Waals surface area contributed by atoms with Crippen LogP contribution in [0.4, 0.5) is 0 Å². The van der Waals surface area contributed by atoms with E-state index >= 15 is 0 Å². The zero-order valence-corrected chi connectivity index (χ0v) is 19.5. The summed E-state index contributed by atoms with van der Waals surface area (Å²) >= 11 is 0. The van der Waals surface area contributed by atoms with Crippen LogP contribution in [0.3, 0.4) is 0 Å². The second-order valence-electron chi connectivity index (χ2n) is 9.08. The first kappa shape index (κ1) is 21.9. The zero-order valence-electron chi connectivity index (χ0n) is 19.5. The van der Waals surface area contributed by atoms with Crippen LogP contribution in [0.2, 0.25) is 0 Å². The summed E-state index contributed by atoms with van der Waals surface area (Å²) in [6, 6.07) is 12.8. The molecule has 0 saturated heterocycles. The molecule has 8 nitrogen and oxygen atoms in total. The predicted octanol–water partition coefficient (Wildman–Crippen LogP) is 3.95. The van der Waals surface area contributed by atoms with Crippen LogP contribution in [-0.2, 0) is 26.1 Å². The minimum absolute atomic E-state index is 0.195. The van der Waals surface area contributed by atoms with Crippen LogP contribution in [0.15, 0.2) is 47.3 Å². The molecule has 2 aromatic carbocycles. The molecule has 8 heteroatoms. The van der Waals surface area contributed by atoms with Crippen LogP contribution in [0.25, 0.3) is 32.8 Å². The lowest BCUT2D eigenvalue weighted by Crippen LogP contribution is -2.52. The highest BCUT2D eigenvalue weighted by atomic mass is 16.6. The molecule has 2 aromatic heterocycles. The first-order valence-corrected chi connectivity index (χ1v) is 11.0. The Labute approximate surface area is 195 Å². The summed E-state index contributed by atoms with van der Waals surface area (Å²) in [4.78, 5) is 42.4. The average Bonchev–Trinajstić information content (AvgIpc) is 2.77. The molecule has 5 rings (SSSR count). The van der Waals surface area contributed by atoms with Gasteiger partial charge >= 0.3 is 11.9 Å². The van der Waals surface area contributed by atoms with Crippen LogP contribution in [-0.4, -0.2) is 33.2 Å². The number of benzene rings is 2. The Morgan fingerprint density at radius 3 is 2.44 bits per heavy atom. The molecule has 174 valence electrons. The number of aryl methyl sites for hydroxylation is 1. The molecular formula is C26H24N2O6. The monoisotopic (exact) mass is 460 g/mol. The van der Waals surface area contributed by atoms with Gasteiger partial charge in [-0.05, 0) is 38.1 Å². The highest BCUT2D eigenvalue weighted by Crippen LogP contribution is 2.46. The molecule has 0 fully saturated rings. The highest BCUT2D eigenvalue weighted by molar-refractivity contribution is 5.99. The minimum atomic E-state index is -0.989. The van der Waals surface area contributed by atoms with Gasteiger partial charge in [-0.15, -0.1) is 0 Å². The number of rotatable bonds is 2. The average molecular weight is 460 g/mol. The summed E-state index contributed by atoms with van der Waals surface area (Å²) in [7, 11) is 1.80. The van der Waals surface area contributed by atoms with Crippen molar-refractivity contribution in [1.29, 1.82) is 0 Å². The number of aromatic nitrogens is 2. The van der Waals surface area contributed by atoms with Crippen LogP contribution >= 0.6 is 0 Å². The van der Waals surface area contributed by atoms with Crippen molar-refractivity contribution in [2.24, 2.45) is 7.05 Å². The minimum Gasteiger partial charge on any atom is -0.483 e. The molecule has 0 unspecified atom stereocenters. The fourth-order valence-electron chi connectivity index (χ4n) is 4.82. The van der Waals surface area contributed by atoms with Crippen molar-refractivity contribution in [1.82, 2.24) is 9.55 Å². The number of hydrogen-bond acceptors (Lipinski definition) is 7. The third kappa shape index (κ3) is 3.29. The van der Waals surface area contributed by atoms with Crippen molar-refractivity contribution in [3.05, 3.63) is 58.3 Å². The van der Waals surface area contributed by atoms with Crippen molar-refractivity contribution < 1.29 is 23.8 Å². The Hall–Kier alpha value is -3.94. The van der Waals surface area contributed by atoms with Crippen LogP contribution in [0, 0.1) is 0 Å². The van der Waals surface area contributed by atoms with E-state index in [4.69, 9.17) is 19.2 Å². The Bertz CT molecular complexity index is 1570. The summed E-state index contributed by atoms with van der Waals surface area (Å²) in [5.74, 6) is -0.630. The molecule has 0 aliphatic carbocycles. The van der Waals surface area contributed by atoms with Crippen molar-refractivity contribution in [3.63, 3.8) is 0 Å². The van der Waals surface area contributed by atoms with E-state index in [1.165, 1.54) is 13.8 Å². The molecule has 0 N–H and O–H groups in total. The smallest absolute Gasteiger partial charge is 0.303 e. The molecule has 0 bridgehead atoms. The van der Waals surface area contributed by atoms with Crippen LogP contribution < -0.4 is 10.2 Å². The standard InChI is InChI=1S/C26H24N2O6/c1-13(29)32-23-20-19(34-26(3,4)24(23)33-14(2)30)11-10-16-21(20)28(5)25-17(22(16)31)12-15-8-6-7-9-18(15)27-25/h6-12,23-24H,1-5H3/t23-,24-/m0/s1. The lowest BCUT2D eigenvalue weighted by atomic mass is 9.86. The lowest BCUT2D eigenvalue weighted by molar-refractivity contribution is -0.187. The predicted molar refractivity (Wildman–Crippen MR) is 127 cm³/mol. The normalized spacial score (nSPS) is 19.0. The molecule has 0 saturated carbocycles. The summed E-state index contributed by atoms with van der Waals surface area (Å²) in [6.07, 6.45) is -1.91. The third-order valence-corrected chi connectivity index (χ3v) is 6.23. The molecule has 3 heterocycles. The van der Waals surface area contributed by atoms with Crippen LogP contribution in [0.1, 0.15) is 39.4 Å². The first-order chi connectivity index (χ1) is 16.1. The molecule has 0 spiro atoms. The number of fused-ring (bicyclic) bond motifs is 5. The quantitative estimate of drug-likeness (QED) is 0.330. The molecule has 1 aliphatic rings. The molecule has 0 radical (unpaired) electrons. The van der Waals surface area contributed by atoms with Crippen molar-refractivity contribution in [2.45, 2.75) is 45.5 Å². The number of para-hydroxylation sites is 1. The Morgan fingerprint density at radius 2 is 1.74 bits per heavy atom. The summed E-state index contributed by atoms with van der Waals surface area (Å²) < 4.78 is 19.3. The summed E-state index contributed by atoms with van der Waals surface area (Å²) in [5, 5.41) is 1.77. The number of esters is 2. The molecule has 2 atom stereocenters. The van der Waals surface area contributed by atoms with E-state index in [1.807, 2.05) is 30.3 Å². The maximum Gasteiger partial charge on any atom is 0.303 e. The Balaban J connectivity index is 1.90. The topological polar surface area (TPSA) is 96.7 Å².